The van der Waals surface area contributed by atoms with E-state index in [1.807, 2.05) is 13.0 Å². The van der Waals surface area contributed by atoms with E-state index < -0.39 is 5.41 Å². The fourth-order valence-corrected chi connectivity index (χ4v) is 3.23. The normalized spacial score (nSPS) is 14.7. The van der Waals surface area contributed by atoms with E-state index in [4.69, 9.17) is 34.8 Å². The molecule has 0 aliphatic heterocycles. The summed E-state index contributed by atoms with van der Waals surface area (Å²) in [5.41, 5.74) is 0.849. The second-order valence-electron chi connectivity index (χ2n) is 6.11. The first-order chi connectivity index (χ1) is 11.8. The topological polar surface area (TPSA) is 58.2 Å². The van der Waals surface area contributed by atoms with Gasteiger partial charge in [-0.2, -0.15) is 0 Å². The Kier molecular flexibility index (Phi) is 4.96. The van der Waals surface area contributed by atoms with E-state index in [0.717, 1.165) is 5.56 Å². The Morgan fingerprint density at radius 1 is 0.880 bits per heavy atom. The Balaban J connectivity index is 1.75. The molecular weight excluding hydrogens is 383 g/mol. The molecule has 1 saturated carbocycles. The van der Waals surface area contributed by atoms with Gasteiger partial charge in [-0.25, -0.2) is 0 Å². The van der Waals surface area contributed by atoms with Gasteiger partial charge in [-0.1, -0.05) is 40.9 Å². The molecule has 25 heavy (non-hydrogen) atoms. The Hall–Kier alpha value is -1.75. The van der Waals surface area contributed by atoms with Crippen LogP contribution in [0.1, 0.15) is 18.4 Å². The molecule has 0 spiro atoms. The van der Waals surface area contributed by atoms with Crippen molar-refractivity contribution in [1.29, 1.82) is 0 Å². The molecule has 0 radical (unpaired) electrons. The van der Waals surface area contributed by atoms with Crippen molar-refractivity contribution in [3.8, 4) is 0 Å². The smallest absolute Gasteiger partial charge is 0.240 e. The molecule has 0 unspecified atom stereocenters. The maximum absolute atomic E-state index is 12.7. The summed E-state index contributed by atoms with van der Waals surface area (Å²) in [4.78, 5) is 25.3. The van der Waals surface area contributed by atoms with Crippen LogP contribution in [0.4, 0.5) is 11.4 Å². The average Bonchev–Trinajstić information content (AvgIpc) is 3.31. The molecule has 3 rings (SSSR count). The molecule has 2 N–H and O–H groups in total. The number of carbonyl (C=O) groups excluding carboxylic acids is 2. The molecule has 2 aromatic rings. The number of hydrogen-bond donors (Lipinski definition) is 2. The van der Waals surface area contributed by atoms with Gasteiger partial charge in [0.2, 0.25) is 11.8 Å². The number of halogens is 3. The summed E-state index contributed by atoms with van der Waals surface area (Å²) in [5.74, 6) is -0.716. The van der Waals surface area contributed by atoms with E-state index in [0.29, 0.717) is 39.3 Å². The van der Waals surface area contributed by atoms with Crippen LogP contribution in [0, 0.1) is 12.3 Å². The second-order valence-corrected chi connectivity index (χ2v) is 7.42. The molecule has 7 heteroatoms. The second kappa shape index (κ2) is 6.87. The zero-order valence-corrected chi connectivity index (χ0v) is 15.6. The summed E-state index contributed by atoms with van der Waals surface area (Å²) >= 11 is 17.9. The van der Waals surface area contributed by atoms with E-state index >= 15 is 0 Å². The molecule has 0 heterocycles. The number of nitrogens with one attached hydrogen (secondary N) is 2. The summed E-state index contributed by atoms with van der Waals surface area (Å²) in [6.07, 6.45) is 0.969. The van der Waals surface area contributed by atoms with Crippen LogP contribution in [0.25, 0.3) is 0 Å². The predicted molar refractivity (Wildman–Crippen MR) is 102 cm³/mol. The van der Waals surface area contributed by atoms with Gasteiger partial charge in [-0.15, -0.1) is 0 Å². The maximum atomic E-state index is 12.7. The van der Waals surface area contributed by atoms with Gasteiger partial charge in [0.05, 0.1) is 0 Å². The Morgan fingerprint density at radius 2 is 1.48 bits per heavy atom. The van der Waals surface area contributed by atoms with Crippen LogP contribution in [0.3, 0.4) is 0 Å². The first kappa shape index (κ1) is 18.1. The number of amides is 2. The van der Waals surface area contributed by atoms with Gasteiger partial charge in [0.15, 0.2) is 0 Å². The third kappa shape index (κ3) is 3.92. The molecule has 0 saturated heterocycles. The van der Waals surface area contributed by atoms with E-state index in [9.17, 15) is 9.59 Å². The van der Waals surface area contributed by atoms with Gasteiger partial charge < -0.3 is 10.6 Å². The molecule has 0 bridgehead atoms. The summed E-state index contributed by atoms with van der Waals surface area (Å²) in [5, 5.41) is 6.87. The van der Waals surface area contributed by atoms with Crippen molar-refractivity contribution >= 4 is 58.0 Å². The first-order valence-corrected chi connectivity index (χ1v) is 8.79. The lowest BCUT2D eigenvalue weighted by Gasteiger charge is -2.17. The van der Waals surface area contributed by atoms with Gasteiger partial charge in [-0.3, -0.25) is 9.59 Å². The number of hydrogen-bond acceptors (Lipinski definition) is 2. The molecule has 130 valence electrons. The molecular formula is C18H15Cl3N2O2. The molecule has 0 aromatic heterocycles. The highest BCUT2D eigenvalue weighted by Gasteiger charge is 2.56. The van der Waals surface area contributed by atoms with Crippen LogP contribution in [-0.4, -0.2) is 11.8 Å². The van der Waals surface area contributed by atoms with Crippen molar-refractivity contribution < 1.29 is 9.59 Å². The zero-order chi connectivity index (χ0) is 18.2. The minimum absolute atomic E-state index is 0.344. The van der Waals surface area contributed by atoms with Crippen molar-refractivity contribution in [3.05, 3.63) is 57.0 Å². The Morgan fingerprint density at radius 3 is 2.08 bits per heavy atom. The number of anilines is 2. The molecule has 0 atom stereocenters. The van der Waals surface area contributed by atoms with Crippen LogP contribution in [0.5, 0.6) is 0 Å². The highest BCUT2D eigenvalue weighted by molar-refractivity contribution is 6.35. The molecule has 2 amide bonds. The minimum atomic E-state index is -1.08. The number of carbonyl (C=O) groups is 2. The van der Waals surface area contributed by atoms with Crippen LogP contribution in [0.15, 0.2) is 36.4 Å². The predicted octanol–water partition coefficient (Wildman–Crippen LogP) is 5.31. The number of benzene rings is 2. The zero-order valence-electron chi connectivity index (χ0n) is 13.3. The lowest BCUT2D eigenvalue weighted by molar-refractivity contribution is -0.131. The molecule has 4 nitrogen and oxygen atoms in total. The van der Waals surface area contributed by atoms with Crippen molar-refractivity contribution in [3.63, 3.8) is 0 Å². The van der Waals surface area contributed by atoms with Gasteiger partial charge in [0.25, 0.3) is 0 Å². The largest absolute Gasteiger partial charge is 0.325 e. The third-order valence-corrected chi connectivity index (χ3v) is 4.86. The molecule has 1 aliphatic rings. The average molecular weight is 398 g/mol. The summed E-state index contributed by atoms with van der Waals surface area (Å²) in [7, 11) is 0. The van der Waals surface area contributed by atoms with Gasteiger partial charge >= 0.3 is 0 Å². The van der Waals surface area contributed by atoms with Crippen molar-refractivity contribution in [2.24, 2.45) is 5.41 Å². The highest BCUT2D eigenvalue weighted by atomic mass is 35.5. The Bertz CT molecular complexity index is 843. The van der Waals surface area contributed by atoms with Crippen LogP contribution < -0.4 is 10.6 Å². The van der Waals surface area contributed by atoms with E-state index in [1.165, 1.54) is 0 Å². The molecule has 1 fully saturated rings. The summed E-state index contributed by atoms with van der Waals surface area (Å²) in [6, 6.07) is 9.96. The van der Waals surface area contributed by atoms with E-state index in [1.54, 1.807) is 30.3 Å². The van der Waals surface area contributed by atoms with Crippen molar-refractivity contribution in [2.75, 3.05) is 10.6 Å². The minimum Gasteiger partial charge on any atom is -0.325 e. The first-order valence-electron chi connectivity index (χ1n) is 7.65. The maximum Gasteiger partial charge on any atom is 0.240 e. The third-order valence-electron chi connectivity index (χ3n) is 4.19. The fraction of sp³-hybridized carbons (Fsp3) is 0.222. The molecule has 2 aromatic carbocycles. The van der Waals surface area contributed by atoms with Gasteiger partial charge in [-0.05, 0) is 55.7 Å². The SMILES string of the molecule is Cc1ccc(Cl)cc1NC(=O)C1(C(=O)Nc2cc(Cl)cc(Cl)c2)CC1. The van der Waals surface area contributed by atoms with Crippen molar-refractivity contribution in [2.45, 2.75) is 19.8 Å². The summed E-state index contributed by atoms with van der Waals surface area (Å²) in [6.45, 7) is 1.86. The lowest BCUT2D eigenvalue weighted by atomic mass is 10.0. The monoisotopic (exact) mass is 396 g/mol. The van der Waals surface area contributed by atoms with Crippen LogP contribution in [-0.2, 0) is 9.59 Å². The number of aryl methyl sites for hydroxylation is 1. The highest BCUT2D eigenvalue weighted by Crippen LogP contribution is 2.47. The quantitative estimate of drug-likeness (QED) is 0.687. The fourth-order valence-electron chi connectivity index (χ4n) is 2.53. The standard InChI is InChI=1S/C18H15Cl3N2O2/c1-10-2-3-11(19)9-15(10)23-17(25)18(4-5-18)16(24)22-14-7-12(20)6-13(21)8-14/h2-3,6-9H,4-5H2,1H3,(H,22,24)(H,23,25). The van der Waals surface area contributed by atoms with Crippen LogP contribution >= 0.6 is 34.8 Å². The lowest BCUT2D eigenvalue weighted by Crippen LogP contribution is -2.35. The van der Waals surface area contributed by atoms with E-state index in [2.05, 4.69) is 10.6 Å². The summed E-state index contributed by atoms with van der Waals surface area (Å²) < 4.78 is 0. The van der Waals surface area contributed by atoms with Gasteiger partial charge in [0.1, 0.15) is 5.41 Å². The molecule has 1 aliphatic carbocycles. The van der Waals surface area contributed by atoms with Crippen LogP contribution in [0.2, 0.25) is 15.1 Å². The van der Waals surface area contributed by atoms with Gasteiger partial charge in [0, 0.05) is 26.4 Å². The van der Waals surface area contributed by atoms with E-state index in [-0.39, 0.29) is 11.8 Å². The Labute approximate surface area is 160 Å². The van der Waals surface area contributed by atoms with Crippen molar-refractivity contribution in [1.82, 2.24) is 0 Å². The number of rotatable bonds is 4.